The lowest BCUT2D eigenvalue weighted by Crippen LogP contribution is -2.12. The molecule has 1 aromatic carbocycles. The number of aromatic nitrogens is 1. The van der Waals surface area contributed by atoms with E-state index < -0.39 is 5.82 Å². The third-order valence-electron chi connectivity index (χ3n) is 2.24. The average molecular weight is 283 g/mol. The lowest BCUT2D eigenvalue weighted by Gasteiger charge is -2.05. The largest absolute Gasteiger partial charge is 0.352 e. The summed E-state index contributed by atoms with van der Waals surface area (Å²) in [6.07, 6.45) is 1.63. The van der Waals surface area contributed by atoms with Crippen molar-refractivity contribution in [1.29, 1.82) is 0 Å². The number of hydrogen-bond acceptors (Lipinski definition) is 2. The Balaban J connectivity index is 2.24. The van der Waals surface area contributed by atoms with Crippen molar-refractivity contribution in [3.8, 4) is 0 Å². The number of halogens is 2. The molecule has 1 amide bonds. The molecule has 0 radical (unpaired) electrons. The van der Waals surface area contributed by atoms with Gasteiger partial charge < -0.3 is 10.3 Å². The van der Waals surface area contributed by atoms with Crippen LogP contribution in [0.15, 0.2) is 36.5 Å². The fourth-order valence-electron chi connectivity index (χ4n) is 1.37. The summed E-state index contributed by atoms with van der Waals surface area (Å²) < 4.78 is 13.3. The van der Waals surface area contributed by atoms with Crippen LogP contribution in [0.2, 0.25) is 5.02 Å². The van der Waals surface area contributed by atoms with Crippen LogP contribution in [0, 0.1) is 10.5 Å². The number of aromatic amines is 1. The van der Waals surface area contributed by atoms with Gasteiger partial charge in [-0.1, -0.05) is 23.8 Å². The molecule has 2 rings (SSSR count). The molecule has 0 unspecified atom stereocenters. The van der Waals surface area contributed by atoms with Gasteiger partial charge in [0, 0.05) is 11.9 Å². The van der Waals surface area contributed by atoms with Crippen LogP contribution >= 0.6 is 23.8 Å². The van der Waals surface area contributed by atoms with Gasteiger partial charge in [0.25, 0.3) is 5.91 Å². The van der Waals surface area contributed by atoms with Crippen LogP contribution in [0.25, 0.3) is 0 Å². The first kappa shape index (κ1) is 12.7. The molecule has 2 aromatic rings. The van der Waals surface area contributed by atoms with Crippen molar-refractivity contribution in [3.05, 3.63) is 57.6 Å². The van der Waals surface area contributed by atoms with Crippen LogP contribution in [-0.4, -0.2) is 10.9 Å². The fourth-order valence-corrected chi connectivity index (χ4v) is 1.78. The van der Waals surface area contributed by atoms with Crippen molar-refractivity contribution >= 4 is 35.4 Å². The Morgan fingerprint density at radius 3 is 2.83 bits per heavy atom. The van der Waals surface area contributed by atoms with E-state index in [-0.39, 0.29) is 10.9 Å². The minimum Gasteiger partial charge on any atom is -0.352 e. The maximum Gasteiger partial charge on any atom is 0.258 e. The highest BCUT2D eigenvalue weighted by molar-refractivity contribution is 7.71. The molecule has 0 saturated carbocycles. The molecule has 6 heteroatoms. The van der Waals surface area contributed by atoms with Crippen molar-refractivity contribution in [1.82, 2.24) is 4.98 Å². The summed E-state index contributed by atoms with van der Waals surface area (Å²) in [5.74, 6) is -0.911. The molecule has 0 aliphatic heterocycles. The maximum absolute atomic E-state index is 13.0. The molecule has 0 spiro atoms. The van der Waals surface area contributed by atoms with Crippen LogP contribution in [-0.2, 0) is 0 Å². The second-order valence-electron chi connectivity index (χ2n) is 3.50. The van der Waals surface area contributed by atoms with E-state index in [0.29, 0.717) is 15.9 Å². The normalized spacial score (nSPS) is 10.1. The number of benzene rings is 1. The van der Waals surface area contributed by atoms with Gasteiger partial charge in [-0.05, 0) is 30.3 Å². The molecule has 1 aromatic heterocycles. The third kappa shape index (κ3) is 2.75. The molecule has 0 bridgehead atoms. The average Bonchev–Trinajstić information content (AvgIpc) is 2.34. The molecule has 0 saturated heterocycles. The Morgan fingerprint density at radius 1 is 1.39 bits per heavy atom. The van der Waals surface area contributed by atoms with Crippen molar-refractivity contribution in [2.24, 2.45) is 0 Å². The summed E-state index contributed by atoms with van der Waals surface area (Å²) in [5.41, 5.74) is 0.748. The zero-order chi connectivity index (χ0) is 13.1. The van der Waals surface area contributed by atoms with Crippen molar-refractivity contribution in [3.63, 3.8) is 0 Å². The molecule has 1 heterocycles. The molecule has 3 nitrogen and oxygen atoms in total. The Labute approximate surface area is 113 Å². The lowest BCUT2D eigenvalue weighted by atomic mass is 10.2. The second-order valence-corrected chi connectivity index (χ2v) is 4.31. The molecule has 0 fully saturated rings. The molecule has 0 aliphatic rings. The van der Waals surface area contributed by atoms with E-state index in [9.17, 15) is 9.18 Å². The number of rotatable bonds is 2. The van der Waals surface area contributed by atoms with E-state index in [1.165, 1.54) is 18.2 Å². The first-order valence-corrected chi connectivity index (χ1v) is 5.80. The Morgan fingerprint density at radius 2 is 2.17 bits per heavy atom. The van der Waals surface area contributed by atoms with Crippen LogP contribution < -0.4 is 5.32 Å². The summed E-state index contributed by atoms with van der Waals surface area (Å²) in [5, 5.41) is 2.54. The number of H-pyrrole nitrogens is 1. The van der Waals surface area contributed by atoms with Crippen LogP contribution in [0.5, 0.6) is 0 Å². The quantitative estimate of drug-likeness (QED) is 0.823. The minimum atomic E-state index is -0.535. The Bertz CT molecular complexity index is 657. The second kappa shape index (κ2) is 5.29. The van der Waals surface area contributed by atoms with Gasteiger partial charge in [0.15, 0.2) is 0 Å². The number of carbonyl (C=O) groups excluding carboxylic acids is 1. The van der Waals surface area contributed by atoms with Crippen molar-refractivity contribution in [2.75, 3.05) is 5.32 Å². The van der Waals surface area contributed by atoms with Gasteiger partial charge in [-0.15, -0.1) is 0 Å². The monoisotopic (exact) mass is 282 g/mol. The van der Waals surface area contributed by atoms with Gasteiger partial charge in [0.1, 0.15) is 10.5 Å². The zero-order valence-corrected chi connectivity index (χ0v) is 10.6. The molecule has 92 valence electrons. The van der Waals surface area contributed by atoms with Gasteiger partial charge in [-0.3, -0.25) is 4.79 Å². The number of nitrogens with one attached hydrogen (secondary N) is 2. The fraction of sp³-hybridized carbons (Fsp3) is 0. The van der Waals surface area contributed by atoms with Crippen LogP contribution in [0.3, 0.4) is 0 Å². The first-order valence-electron chi connectivity index (χ1n) is 5.02. The summed E-state index contributed by atoms with van der Waals surface area (Å²) in [6.45, 7) is 0. The standard InChI is InChI=1S/C12H8ClFN2OS/c13-9-6-7(3-4-10(9)14)16-11(17)8-2-1-5-15-12(8)18/h1-6H,(H,15,18)(H,16,17). The molecule has 0 atom stereocenters. The topological polar surface area (TPSA) is 44.9 Å². The molecule has 2 N–H and O–H groups in total. The predicted octanol–water partition coefficient (Wildman–Crippen LogP) is 3.79. The Hall–Kier alpha value is -1.72. The highest BCUT2D eigenvalue weighted by Gasteiger charge is 2.09. The predicted molar refractivity (Wildman–Crippen MR) is 71.0 cm³/mol. The van der Waals surface area contributed by atoms with E-state index in [4.69, 9.17) is 23.8 Å². The van der Waals surface area contributed by atoms with Crippen LogP contribution in [0.1, 0.15) is 10.4 Å². The van der Waals surface area contributed by atoms with E-state index >= 15 is 0 Å². The van der Waals surface area contributed by atoms with Gasteiger partial charge in [0.2, 0.25) is 0 Å². The van der Waals surface area contributed by atoms with E-state index in [2.05, 4.69) is 10.3 Å². The first-order chi connectivity index (χ1) is 8.58. The zero-order valence-electron chi connectivity index (χ0n) is 9.04. The highest BCUT2D eigenvalue weighted by atomic mass is 35.5. The van der Waals surface area contributed by atoms with Crippen LogP contribution in [0.4, 0.5) is 10.1 Å². The number of hydrogen-bond donors (Lipinski definition) is 2. The number of carbonyl (C=O) groups is 1. The summed E-state index contributed by atoms with van der Waals surface area (Å²) in [4.78, 5) is 14.7. The highest BCUT2D eigenvalue weighted by Crippen LogP contribution is 2.19. The molecule has 0 aliphatic carbocycles. The summed E-state index contributed by atoms with van der Waals surface area (Å²) in [7, 11) is 0. The summed E-state index contributed by atoms with van der Waals surface area (Å²) >= 11 is 10.6. The van der Waals surface area contributed by atoms with Crippen molar-refractivity contribution in [2.45, 2.75) is 0 Å². The molecular formula is C12H8ClFN2OS. The third-order valence-corrected chi connectivity index (χ3v) is 2.87. The van der Waals surface area contributed by atoms with Gasteiger partial charge in [-0.25, -0.2) is 4.39 Å². The van der Waals surface area contributed by atoms with Gasteiger partial charge in [0.05, 0.1) is 10.6 Å². The van der Waals surface area contributed by atoms with Gasteiger partial charge >= 0.3 is 0 Å². The van der Waals surface area contributed by atoms with Crippen molar-refractivity contribution < 1.29 is 9.18 Å². The minimum absolute atomic E-state index is 0.0500. The number of pyridine rings is 1. The van der Waals surface area contributed by atoms with E-state index in [0.717, 1.165) is 0 Å². The number of anilines is 1. The molecular weight excluding hydrogens is 275 g/mol. The smallest absolute Gasteiger partial charge is 0.258 e. The summed E-state index contributed by atoms with van der Waals surface area (Å²) in [6, 6.07) is 7.21. The van der Waals surface area contributed by atoms with E-state index in [1.807, 2.05) is 0 Å². The SMILES string of the molecule is O=C(Nc1ccc(F)c(Cl)c1)c1ccc[nH]c1=S. The maximum atomic E-state index is 13.0. The Kier molecular flexibility index (Phi) is 3.74. The number of amides is 1. The van der Waals surface area contributed by atoms with E-state index in [1.54, 1.807) is 18.3 Å². The van der Waals surface area contributed by atoms with Gasteiger partial charge in [-0.2, -0.15) is 0 Å². The molecule has 18 heavy (non-hydrogen) atoms. The lowest BCUT2D eigenvalue weighted by molar-refractivity contribution is 0.102.